The van der Waals surface area contributed by atoms with Crippen LogP contribution in [0.25, 0.3) is 0 Å². The zero-order valence-electron chi connectivity index (χ0n) is 11.8. The van der Waals surface area contributed by atoms with E-state index in [1.54, 1.807) is 10.3 Å². The standard InChI is InChI=1S/C15H15N3O2S/c1-9-7-18(15(20)11-8-21-17-10(11)2)13-6-4-3-5-12(13)16-14(9)19/h3-6,8-9H,7H2,1-2H3,(H,16,19)/t9-/m0/s1. The predicted molar refractivity (Wildman–Crippen MR) is 82.8 cm³/mol. The lowest BCUT2D eigenvalue weighted by atomic mass is 10.1. The lowest BCUT2D eigenvalue weighted by molar-refractivity contribution is -0.119. The summed E-state index contributed by atoms with van der Waals surface area (Å²) in [6, 6.07) is 7.36. The van der Waals surface area contributed by atoms with E-state index in [-0.39, 0.29) is 17.7 Å². The van der Waals surface area contributed by atoms with Gasteiger partial charge in [-0.25, -0.2) is 0 Å². The van der Waals surface area contributed by atoms with Gasteiger partial charge >= 0.3 is 0 Å². The number of aromatic nitrogens is 1. The highest BCUT2D eigenvalue weighted by molar-refractivity contribution is 7.04. The summed E-state index contributed by atoms with van der Waals surface area (Å²) in [5, 5.41) is 4.63. The molecule has 1 atom stereocenters. The Morgan fingerprint density at radius 1 is 1.43 bits per heavy atom. The summed E-state index contributed by atoms with van der Waals surface area (Å²) in [6.07, 6.45) is 0. The first-order chi connectivity index (χ1) is 10.1. The van der Waals surface area contributed by atoms with Gasteiger partial charge in [-0.3, -0.25) is 9.59 Å². The van der Waals surface area contributed by atoms with Gasteiger partial charge in [-0.15, -0.1) is 0 Å². The van der Waals surface area contributed by atoms with Gasteiger partial charge in [0, 0.05) is 11.9 Å². The molecular weight excluding hydrogens is 286 g/mol. The van der Waals surface area contributed by atoms with Gasteiger partial charge < -0.3 is 10.2 Å². The Hall–Kier alpha value is -2.21. The summed E-state index contributed by atoms with van der Waals surface area (Å²) in [5.74, 6) is -0.455. The summed E-state index contributed by atoms with van der Waals surface area (Å²) in [6.45, 7) is 4.00. The first-order valence-electron chi connectivity index (χ1n) is 6.70. The Labute approximate surface area is 126 Å². The smallest absolute Gasteiger partial charge is 0.261 e. The average molecular weight is 301 g/mol. The number of carbonyl (C=O) groups excluding carboxylic acids is 2. The summed E-state index contributed by atoms with van der Waals surface area (Å²) in [7, 11) is 0. The topological polar surface area (TPSA) is 62.3 Å². The second kappa shape index (κ2) is 5.29. The first kappa shape index (κ1) is 13.8. The van der Waals surface area contributed by atoms with E-state index in [4.69, 9.17) is 0 Å². The third-order valence-corrected chi connectivity index (χ3v) is 4.30. The molecule has 1 aromatic heterocycles. The summed E-state index contributed by atoms with van der Waals surface area (Å²) in [4.78, 5) is 26.5. The van der Waals surface area contributed by atoms with Crippen molar-refractivity contribution in [2.75, 3.05) is 16.8 Å². The molecule has 0 saturated carbocycles. The van der Waals surface area contributed by atoms with Crippen molar-refractivity contribution >= 4 is 34.7 Å². The molecule has 2 aromatic rings. The van der Waals surface area contributed by atoms with Crippen molar-refractivity contribution in [2.24, 2.45) is 5.92 Å². The van der Waals surface area contributed by atoms with Gasteiger partial charge in [-0.1, -0.05) is 19.1 Å². The van der Waals surface area contributed by atoms with Crippen LogP contribution in [0.5, 0.6) is 0 Å². The van der Waals surface area contributed by atoms with E-state index >= 15 is 0 Å². The van der Waals surface area contributed by atoms with E-state index in [2.05, 4.69) is 9.69 Å². The molecule has 0 radical (unpaired) electrons. The molecule has 21 heavy (non-hydrogen) atoms. The molecule has 2 amide bonds. The minimum Gasteiger partial charge on any atom is -0.324 e. The second-order valence-electron chi connectivity index (χ2n) is 5.14. The largest absolute Gasteiger partial charge is 0.324 e. The van der Waals surface area contributed by atoms with E-state index in [0.717, 1.165) is 11.4 Å². The van der Waals surface area contributed by atoms with Crippen LogP contribution in [0, 0.1) is 12.8 Å². The quantitative estimate of drug-likeness (QED) is 0.881. The highest BCUT2D eigenvalue weighted by Gasteiger charge is 2.30. The molecule has 1 aromatic carbocycles. The van der Waals surface area contributed by atoms with Crippen molar-refractivity contribution in [1.82, 2.24) is 4.37 Å². The van der Waals surface area contributed by atoms with E-state index in [1.165, 1.54) is 11.5 Å². The Balaban J connectivity index is 2.06. The minimum atomic E-state index is -0.270. The van der Waals surface area contributed by atoms with Crippen LogP contribution in [0.4, 0.5) is 11.4 Å². The number of benzene rings is 1. The zero-order chi connectivity index (χ0) is 15.0. The number of nitrogens with one attached hydrogen (secondary N) is 1. The van der Waals surface area contributed by atoms with Crippen molar-refractivity contribution in [3.63, 3.8) is 0 Å². The normalized spacial score (nSPS) is 17.9. The number of aryl methyl sites for hydroxylation is 1. The Morgan fingerprint density at radius 3 is 2.90 bits per heavy atom. The third kappa shape index (κ3) is 2.42. The molecule has 1 N–H and O–H groups in total. The van der Waals surface area contributed by atoms with Crippen LogP contribution in [0.2, 0.25) is 0 Å². The maximum absolute atomic E-state index is 12.8. The molecular formula is C15H15N3O2S. The Bertz CT molecular complexity index is 710. The fraction of sp³-hybridized carbons (Fsp3) is 0.267. The molecule has 6 heteroatoms. The highest BCUT2D eigenvalue weighted by atomic mass is 32.1. The molecule has 2 heterocycles. The number of nitrogens with zero attached hydrogens (tertiary/aromatic N) is 2. The molecule has 1 aliphatic rings. The molecule has 1 aliphatic heterocycles. The van der Waals surface area contributed by atoms with Gasteiger partial charge in [-0.05, 0) is 30.6 Å². The lowest BCUT2D eigenvalue weighted by Gasteiger charge is -2.23. The molecule has 0 aliphatic carbocycles. The zero-order valence-corrected chi connectivity index (χ0v) is 12.6. The molecule has 3 rings (SSSR count). The number of fused-ring (bicyclic) bond motifs is 1. The summed E-state index contributed by atoms with van der Waals surface area (Å²) >= 11 is 1.27. The van der Waals surface area contributed by atoms with E-state index in [1.807, 2.05) is 38.1 Å². The molecule has 5 nitrogen and oxygen atoms in total. The van der Waals surface area contributed by atoms with Crippen LogP contribution in [-0.4, -0.2) is 22.7 Å². The number of hydrogen-bond acceptors (Lipinski definition) is 4. The predicted octanol–water partition coefficient (Wildman–Crippen LogP) is 2.69. The minimum absolute atomic E-state index is 0.0714. The Kier molecular flexibility index (Phi) is 3.47. The number of anilines is 2. The maximum Gasteiger partial charge on any atom is 0.261 e. The van der Waals surface area contributed by atoms with E-state index < -0.39 is 0 Å². The number of amides is 2. The van der Waals surface area contributed by atoms with Crippen LogP contribution in [-0.2, 0) is 4.79 Å². The van der Waals surface area contributed by atoms with Gasteiger partial charge in [0.2, 0.25) is 5.91 Å². The number of hydrogen-bond donors (Lipinski definition) is 1. The number of rotatable bonds is 1. The molecule has 0 saturated heterocycles. The number of carbonyl (C=O) groups is 2. The summed E-state index contributed by atoms with van der Waals surface area (Å²) < 4.78 is 4.16. The van der Waals surface area contributed by atoms with Crippen LogP contribution in [0.1, 0.15) is 23.0 Å². The van der Waals surface area contributed by atoms with Gasteiger partial charge in [0.15, 0.2) is 0 Å². The van der Waals surface area contributed by atoms with E-state index in [0.29, 0.717) is 17.8 Å². The average Bonchev–Trinajstić information content (AvgIpc) is 2.85. The van der Waals surface area contributed by atoms with Gasteiger partial charge in [-0.2, -0.15) is 4.37 Å². The Morgan fingerprint density at radius 2 is 2.19 bits per heavy atom. The fourth-order valence-electron chi connectivity index (χ4n) is 2.36. The van der Waals surface area contributed by atoms with Crippen molar-refractivity contribution in [3.05, 3.63) is 40.9 Å². The number of para-hydroxylation sites is 2. The van der Waals surface area contributed by atoms with Crippen LogP contribution < -0.4 is 10.2 Å². The van der Waals surface area contributed by atoms with Crippen LogP contribution in [0.15, 0.2) is 29.6 Å². The van der Waals surface area contributed by atoms with E-state index in [9.17, 15) is 9.59 Å². The fourth-order valence-corrected chi connectivity index (χ4v) is 3.05. The van der Waals surface area contributed by atoms with Crippen molar-refractivity contribution < 1.29 is 9.59 Å². The van der Waals surface area contributed by atoms with Gasteiger partial charge in [0.25, 0.3) is 5.91 Å². The molecule has 0 fully saturated rings. The first-order valence-corrected chi connectivity index (χ1v) is 7.54. The molecule has 0 bridgehead atoms. The molecule has 0 unspecified atom stereocenters. The van der Waals surface area contributed by atoms with Crippen molar-refractivity contribution in [2.45, 2.75) is 13.8 Å². The second-order valence-corrected chi connectivity index (χ2v) is 5.77. The van der Waals surface area contributed by atoms with Crippen LogP contribution in [0.3, 0.4) is 0 Å². The monoisotopic (exact) mass is 301 g/mol. The van der Waals surface area contributed by atoms with Crippen LogP contribution >= 0.6 is 11.5 Å². The highest BCUT2D eigenvalue weighted by Crippen LogP contribution is 2.31. The lowest BCUT2D eigenvalue weighted by Crippen LogP contribution is -2.36. The summed E-state index contributed by atoms with van der Waals surface area (Å²) in [5.41, 5.74) is 2.71. The maximum atomic E-state index is 12.8. The third-order valence-electron chi connectivity index (χ3n) is 3.58. The van der Waals surface area contributed by atoms with Crippen molar-refractivity contribution in [1.29, 1.82) is 0 Å². The van der Waals surface area contributed by atoms with Gasteiger partial charge in [0.1, 0.15) is 0 Å². The van der Waals surface area contributed by atoms with Crippen molar-refractivity contribution in [3.8, 4) is 0 Å². The van der Waals surface area contributed by atoms with Gasteiger partial charge in [0.05, 0.1) is 28.6 Å². The molecule has 0 spiro atoms. The molecule has 108 valence electrons. The SMILES string of the molecule is Cc1nscc1C(=O)N1C[C@H](C)C(=O)Nc2ccccc21.